The van der Waals surface area contributed by atoms with E-state index in [1.165, 1.54) is 12.1 Å². The molecule has 178 valence electrons. The van der Waals surface area contributed by atoms with Crippen LogP contribution in [-0.4, -0.2) is 25.8 Å². The fourth-order valence-electron chi connectivity index (χ4n) is 3.73. The van der Waals surface area contributed by atoms with Gasteiger partial charge in [-0.05, 0) is 41.5 Å². The van der Waals surface area contributed by atoms with Crippen molar-refractivity contribution in [3.63, 3.8) is 0 Å². The van der Waals surface area contributed by atoms with Crippen LogP contribution in [0.5, 0.6) is 0 Å². The molecule has 0 N–H and O–H groups in total. The van der Waals surface area contributed by atoms with Crippen LogP contribution >= 0.6 is 11.6 Å². The van der Waals surface area contributed by atoms with E-state index in [0.717, 1.165) is 15.4 Å². The van der Waals surface area contributed by atoms with Gasteiger partial charge in [-0.3, -0.25) is 9.10 Å². The predicted octanol–water partition coefficient (Wildman–Crippen LogP) is 5.76. The summed E-state index contributed by atoms with van der Waals surface area (Å²) in [7, 11) is -4.02. The molecule has 4 aromatic rings. The summed E-state index contributed by atoms with van der Waals surface area (Å²) in [4.78, 5) is 15.5. The van der Waals surface area contributed by atoms with Crippen LogP contribution in [0.4, 0.5) is 5.69 Å². The van der Waals surface area contributed by atoms with Crippen molar-refractivity contribution in [1.29, 1.82) is 0 Å². The molecule has 0 fully saturated rings. The topological polar surface area (TPSA) is 57.7 Å². The third-order valence-corrected chi connectivity index (χ3v) is 7.51. The summed E-state index contributed by atoms with van der Waals surface area (Å²) in [6.07, 6.45) is 0. The number of carbonyl (C=O) groups is 1. The van der Waals surface area contributed by atoms with E-state index in [-0.39, 0.29) is 17.3 Å². The van der Waals surface area contributed by atoms with Crippen LogP contribution < -0.4 is 4.31 Å². The molecular weight excluding hydrogens is 480 g/mol. The van der Waals surface area contributed by atoms with Gasteiger partial charge in [0.15, 0.2) is 0 Å². The molecule has 35 heavy (non-hydrogen) atoms. The Morgan fingerprint density at radius 2 is 1.20 bits per heavy atom. The highest BCUT2D eigenvalue weighted by Gasteiger charge is 2.29. The van der Waals surface area contributed by atoms with Crippen LogP contribution in [0.25, 0.3) is 0 Å². The molecule has 0 spiro atoms. The number of hydrogen-bond donors (Lipinski definition) is 0. The van der Waals surface area contributed by atoms with Crippen LogP contribution in [0.1, 0.15) is 11.1 Å². The summed E-state index contributed by atoms with van der Waals surface area (Å²) in [6.45, 7) is 0.337. The molecule has 0 bridgehead atoms. The molecule has 0 aliphatic heterocycles. The van der Waals surface area contributed by atoms with Crippen molar-refractivity contribution in [2.24, 2.45) is 0 Å². The van der Waals surface area contributed by atoms with Gasteiger partial charge in [-0.1, -0.05) is 96.5 Å². The van der Waals surface area contributed by atoms with Crippen LogP contribution in [0.2, 0.25) is 5.02 Å². The number of carbonyl (C=O) groups excluding carboxylic acids is 1. The Kier molecular flexibility index (Phi) is 7.85. The first-order valence-corrected chi connectivity index (χ1v) is 12.9. The lowest BCUT2D eigenvalue weighted by Crippen LogP contribution is -2.42. The van der Waals surface area contributed by atoms with E-state index in [9.17, 15) is 13.2 Å². The quantitative estimate of drug-likeness (QED) is 0.291. The Balaban J connectivity index is 1.69. The Morgan fingerprint density at radius 3 is 1.71 bits per heavy atom. The maximum Gasteiger partial charge on any atom is 0.264 e. The highest BCUT2D eigenvalue weighted by molar-refractivity contribution is 7.92. The number of amides is 1. The molecule has 0 aliphatic rings. The van der Waals surface area contributed by atoms with Crippen LogP contribution in [0, 0.1) is 0 Å². The zero-order valence-electron chi connectivity index (χ0n) is 19.0. The minimum absolute atomic E-state index is 0.102. The molecule has 0 aliphatic carbocycles. The van der Waals surface area contributed by atoms with Crippen LogP contribution in [0.3, 0.4) is 0 Å². The first-order chi connectivity index (χ1) is 16.9. The average molecular weight is 505 g/mol. The second-order valence-corrected chi connectivity index (χ2v) is 10.3. The monoisotopic (exact) mass is 504 g/mol. The summed E-state index contributed by atoms with van der Waals surface area (Å²) >= 11 is 6.18. The Labute approximate surface area is 211 Å². The Hall–Kier alpha value is -3.61. The second kappa shape index (κ2) is 11.2. The number of anilines is 1. The lowest BCUT2D eigenvalue weighted by molar-refractivity contribution is -0.130. The molecule has 7 heteroatoms. The van der Waals surface area contributed by atoms with Gasteiger partial charge >= 0.3 is 0 Å². The summed E-state index contributed by atoms with van der Waals surface area (Å²) in [5.74, 6) is -0.322. The molecule has 4 aromatic carbocycles. The van der Waals surface area contributed by atoms with Crippen LogP contribution in [-0.2, 0) is 27.9 Å². The molecule has 5 nitrogen and oxygen atoms in total. The number of benzene rings is 4. The van der Waals surface area contributed by atoms with Crippen molar-refractivity contribution < 1.29 is 13.2 Å². The number of hydrogen-bond acceptors (Lipinski definition) is 3. The highest BCUT2D eigenvalue weighted by Crippen LogP contribution is 2.26. The minimum Gasteiger partial charge on any atom is -0.332 e. The zero-order chi connectivity index (χ0) is 24.7. The lowest BCUT2D eigenvalue weighted by Gasteiger charge is -2.29. The molecule has 4 rings (SSSR count). The number of rotatable bonds is 9. The maximum atomic E-state index is 13.7. The van der Waals surface area contributed by atoms with Crippen molar-refractivity contribution in [1.82, 2.24) is 4.90 Å². The molecule has 0 aromatic heterocycles. The molecular formula is C28H25ClN2O3S. The van der Waals surface area contributed by atoms with E-state index in [1.54, 1.807) is 47.4 Å². The number of sulfonamides is 1. The van der Waals surface area contributed by atoms with Crippen molar-refractivity contribution in [3.05, 3.63) is 131 Å². The van der Waals surface area contributed by atoms with E-state index < -0.39 is 10.0 Å². The molecule has 0 saturated carbocycles. The highest BCUT2D eigenvalue weighted by atomic mass is 35.5. The van der Waals surface area contributed by atoms with E-state index in [1.807, 2.05) is 60.7 Å². The van der Waals surface area contributed by atoms with Gasteiger partial charge in [0.25, 0.3) is 10.0 Å². The van der Waals surface area contributed by atoms with Gasteiger partial charge in [0.05, 0.1) is 10.6 Å². The summed E-state index contributed by atoms with van der Waals surface area (Å²) < 4.78 is 28.4. The number of nitrogens with zero attached hydrogens (tertiary/aromatic N) is 2. The standard InChI is InChI=1S/C28H25ClN2O3S/c29-25-15-10-16-26(19-25)31(35(33,34)27-17-8-3-9-18-27)22-28(32)30(20-23-11-4-1-5-12-23)21-24-13-6-2-7-14-24/h1-19H,20-22H2. The van der Waals surface area contributed by atoms with E-state index in [0.29, 0.717) is 23.8 Å². The predicted molar refractivity (Wildman–Crippen MR) is 140 cm³/mol. The first kappa shape index (κ1) is 24.5. The van der Waals surface area contributed by atoms with E-state index in [4.69, 9.17) is 11.6 Å². The van der Waals surface area contributed by atoms with Crippen molar-refractivity contribution in [3.8, 4) is 0 Å². The fraction of sp³-hybridized carbons (Fsp3) is 0.107. The van der Waals surface area contributed by atoms with Gasteiger partial charge in [-0.15, -0.1) is 0 Å². The third-order valence-electron chi connectivity index (χ3n) is 5.49. The minimum atomic E-state index is -4.02. The number of halogens is 1. The van der Waals surface area contributed by atoms with Crippen molar-refractivity contribution in [2.75, 3.05) is 10.8 Å². The molecule has 0 atom stereocenters. The fourth-order valence-corrected chi connectivity index (χ4v) is 5.34. The Morgan fingerprint density at radius 1 is 0.686 bits per heavy atom. The largest absolute Gasteiger partial charge is 0.332 e. The van der Waals surface area contributed by atoms with Gasteiger partial charge in [0.1, 0.15) is 6.54 Å². The van der Waals surface area contributed by atoms with Gasteiger partial charge in [-0.25, -0.2) is 8.42 Å². The summed E-state index contributed by atoms with van der Waals surface area (Å²) in [5, 5.41) is 0.383. The molecule has 0 heterocycles. The summed E-state index contributed by atoms with van der Waals surface area (Å²) in [6, 6.07) is 33.9. The van der Waals surface area contributed by atoms with Gasteiger partial charge in [0, 0.05) is 18.1 Å². The molecule has 0 radical (unpaired) electrons. The third kappa shape index (κ3) is 6.29. The lowest BCUT2D eigenvalue weighted by atomic mass is 10.1. The van der Waals surface area contributed by atoms with Gasteiger partial charge < -0.3 is 4.90 Å². The smallest absolute Gasteiger partial charge is 0.264 e. The van der Waals surface area contributed by atoms with Gasteiger partial charge in [-0.2, -0.15) is 0 Å². The normalized spacial score (nSPS) is 11.1. The average Bonchev–Trinajstić information content (AvgIpc) is 2.88. The van der Waals surface area contributed by atoms with E-state index >= 15 is 0 Å². The van der Waals surface area contributed by atoms with Crippen molar-refractivity contribution in [2.45, 2.75) is 18.0 Å². The van der Waals surface area contributed by atoms with Crippen LogP contribution in [0.15, 0.2) is 120 Å². The van der Waals surface area contributed by atoms with E-state index in [2.05, 4.69) is 0 Å². The molecule has 0 saturated heterocycles. The van der Waals surface area contributed by atoms with Gasteiger partial charge in [0.2, 0.25) is 5.91 Å². The second-order valence-electron chi connectivity index (χ2n) is 8.03. The summed E-state index contributed by atoms with van der Waals surface area (Å²) in [5.41, 5.74) is 2.24. The molecule has 1 amide bonds. The van der Waals surface area contributed by atoms with Crippen molar-refractivity contribution >= 4 is 33.2 Å². The molecule has 0 unspecified atom stereocenters. The zero-order valence-corrected chi connectivity index (χ0v) is 20.6. The SMILES string of the molecule is O=C(CN(c1cccc(Cl)c1)S(=O)(=O)c1ccccc1)N(Cc1ccccc1)Cc1ccccc1. The first-order valence-electron chi connectivity index (χ1n) is 11.1. The maximum absolute atomic E-state index is 13.7. The Bertz CT molecular complexity index is 1320.